The third kappa shape index (κ3) is 2.32. The molecule has 0 spiro atoms. The first-order valence-electron chi connectivity index (χ1n) is 12.4. The highest BCUT2D eigenvalue weighted by Crippen LogP contribution is 2.63. The number of rotatable bonds is 6. The normalized spacial score (nSPS) is 28.1. The average molecular weight is 481 g/mol. The molecule has 1 aromatic carbocycles. The van der Waals surface area contributed by atoms with Gasteiger partial charge in [0.25, 0.3) is 0 Å². The topological polar surface area (TPSA) is 90.8 Å². The van der Waals surface area contributed by atoms with E-state index in [4.69, 9.17) is 0 Å². The maximum atomic E-state index is 11.2. The van der Waals surface area contributed by atoms with Crippen LogP contribution in [-0.2, 0) is 10.8 Å². The number of aromatic hydroxyl groups is 4. The lowest BCUT2D eigenvalue weighted by Gasteiger charge is -2.23. The second-order valence-corrected chi connectivity index (χ2v) is 10.7. The fourth-order valence-corrected chi connectivity index (χ4v) is 7.50. The minimum absolute atomic E-state index is 0.0450. The van der Waals surface area contributed by atoms with E-state index in [1.165, 1.54) is 9.13 Å². The van der Waals surface area contributed by atoms with Gasteiger partial charge in [0.1, 0.15) is 0 Å². The third-order valence-corrected chi connectivity index (χ3v) is 8.90. The molecule has 4 unspecified atom stereocenters. The molecule has 0 saturated carbocycles. The van der Waals surface area contributed by atoms with Crippen LogP contribution >= 0.6 is 0 Å². The minimum atomic E-state index is -0.327. The lowest BCUT2D eigenvalue weighted by molar-refractivity contribution is 0.385. The van der Waals surface area contributed by atoms with Crippen molar-refractivity contribution in [3.8, 4) is 34.9 Å². The Morgan fingerprint density at radius 2 is 1.08 bits per heavy atom. The molecular formula is C30H28N2O4. The summed E-state index contributed by atoms with van der Waals surface area (Å²) in [6.45, 7) is 7.77. The summed E-state index contributed by atoms with van der Waals surface area (Å²) >= 11 is 0. The van der Waals surface area contributed by atoms with Gasteiger partial charge in [0, 0.05) is 44.9 Å². The van der Waals surface area contributed by atoms with Gasteiger partial charge in [0.15, 0.2) is 0 Å². The molecule has 2 aromatic heterocycles. The van der Waals surface area contributed by atoms with E-state index >= 15 is 0 Å². The van der Waals surface area contributed by atoms with Crippen LogP contribution in [-0.4, -0.2) is 29.6 Å². The first-order chi connectivity index (χ1) is 17.4. The van der Waals surface area contributed by atoms with E-state index in [2.05, 4.69) is 37.5 Å². The van der Waals surface area contributed by atoms with Gasteiger partial charge in [-0.15, -0.1) is 13.2 Å². The van der Waals surface area contributed by atoms with Crippen molar-refractivity contribution in [2.45, 2.75) is 48.3 Å². The lowest BCUT2D eigenvalue weighted by Crippen LogP contribution is -2.17. The maximum absolute atomic E-state index is 11.2. The molecule has 7 rings (SSSR count). The molecule has 2 heterocycles. The summed E-state index contributed by atoms with van der Waals surface area (Å²) in [5.41, 5.74) is 3.68. The van der Waals surface area contributed by atoms with E-state index in [1.54, 1.807) is 24.3 Å². The summed E-state index contributed by atoms with van der Waals surface area (Å²) in [6.07, 6.45) is 15.3. The summed E-state index contributed by atoms with van der Waals surface area (Å²) in [7, 11) is 0. The number of benzene rings is 1. The molecule has 36 heavy (non-hydrogen) atoms. The Labute approximate surface area is 209 Å². The highest BCUT2D eigenvalue weighted by atomic mass is 16.3. The van der Waals surface area contributed by atoms with Gasteiger partial charge in [-0.1, -0.05) is 36.5 Å². The van der Waals surface area contributed by atoms with E-state index in [9.17, 15) is 20.4 Å². The van der Waals surface area contributed by atoms with Crippen molar-refractivity contribution in [3.63, 3.8) is 0 Å². The monoisotopic (exact) mass is 480 g/mol. The zero-order chi connectivity index (χ0) is 25.0. The SMILES string of the molecule is C=CCC12C=CC(C1)c1c2c(O)n(-c2ccc(-n3c(O)c4c(c3O)C3(CC=C)C=CC4C3)cc2)c1O. The molecule has 4 aliphatic carbocycles. The first kappa shape index (κ1) is 21.2. The molecule has 3 aromatic rings. The largest absolute Gasteiger partial charge is 0.494 e. The molecular weight excluding hydrogens is 452 g/mol. The first-order valence-corrected chi connectivity index (χ1v) is 12.4. The second kappa shape index (κ2) is 6.78. The zero-order valence-corrected chi connectivity index (χ0v) is 19.9. The molecule has 182 valence electrons. The number of aromatic nitrogens is 2. The standard InChI is InChI=1S/C30H28N2O4/c1-3-11-29-13-9-17(15-29)21-23(29)27(35)31(25(21)33)19-5-7-20(8-6-19)32-26(34)22-18-10-14-30(16-18,12-4-2)24(22)28(32)36/h3-10,13-14,17-18,33-36H,1-2,11-12,15-16H2. The van der Waals surface area contributed by atoms with Crippen molar-refractivity contribution in [1.82, 2.24) is 9.13 Å². The van der Waals surface area contributed by atoms with Crippen molar-refractivity contribution in [2.24, 2.45) is 0 Å². The maximum Gasteiger partial charge on any atom is 0.203 e. The van der Waals surface area contributed by atoms with Gasteiger partial charge < -0.3 is 20.4 Å². The predicted molar refractivity (Wildman–Crippen MR) is 138 cm³/mol. The molecule has 4 N–H and O–H groups in total. The number of hydrogen-bond acceptors (Lipinski definition) is 4. The van der Waals surface area contributed by atoms with Gasteiger partial charge in [0.05, 0.1) is 11.4 Å². The molecule has 6 heteroatoms. The van der Waals surface area contributed by atoms with Gasteiger partial charge in [-0.25, -0.2) is 0 Å². The molecule has 6 nitrogen and oxygen atoms in total. The molecule has 4 bridgehead atoms. The van der Waals surface area contributed by atoms with Crippen LogP contribution in [0, 0.1) is 0 Å². The van der Waals surface area contributed by atoms with Crippen molar-refractivity contribution in [2.75, 3.05) is 0 Å². The molecule has 0 amide bonds. The Morgan fingerprint density at radius 3 is 1.44 bits per heavy atom. The van der Waals surface area contributed by atoms with Crippen LogP contribution in [0.1, 0.15) is 59.8 Å². The zero-order valence-electron chi connectivity index (χ0n) is 19.9. The van der Waals surface area contributed by atoms with Gasteiger partial charge in [0.2, 0.25) is 23.5 Å². The summed E-state index contributed by atoms with van der Waals surface area (Å²) in [4.78, 5) is 0. The third-order valence-electron chi connectivity index (χ3n) is 8.90. The number of fused-ring (bicyclic) bond motifs is 10. The lowest BCUT2D eigenvalue weighted by atomic mass is 9.81. The molecule has 0 fully saturated rings. The highest BCUT2D eigenvalue weighted by Gasteiger charge is 2.52. The Balaban J connectivity index is 1.30. The van der Waals surface area contributed by atoms with Gasteiger partial charge in [-0.2, -0.15) is 0 Å². The Bertz CT molecular complexity index is 1420. The smallest absolute Gasteiger partial charge is 0.203 e. The van der Waals surface area contributed by atoms with Crippen molar-refractivity contribution < 1.29 is 20.4 Å². The van der Waals surface area contributed by atoms with Crippen molar-refractivity contribution in [1.29, 1.82) is 0 Å². The van der Waals surface area contributed by atoms with Crippen molar-refractivity contribution >= 4 is 0 Å². The van der Waals surface area contributed by atoms with Crippen LogP contribution in [0.4, 0.5) is 0 Å². The fourth-order valence-electron chi connectivity index (χ4n) is 7.50. The molecule has 4 atom stereocenters. The van der Waals surface area contributed by atoms with E-state index in [0.717, 1.165) is 35.1 Å². The van der Waals surface area contributed by atoms with Crippen LogP contribution in [0.15, 0.2) is 73.9 Å². The van der Waals surface area contributed by atoms with E-state index in [0.29, 0.717) is 24.2 Å². The summed E-state index contributed by atoms with van der Waals surface area (Å²) in [6, 6.07) is 7.09. The highest BCUT2D eigenvalue weighted by molar-refractivity contribution is 5.67. The van der Waals surface area contributed by atoms with E-state index in [-0.39, 0.29) is 46.2 Å². The van der Waals surface area contributed by atoms with Crippen LogP contribution in [0.3, 0.4) is 0 Å². The van der Waals surface area contributed by atoms with Gasteiger partial charge in [-0.05, 0) is 49.9 Å². The summed E-state index contributed by atoms with van der Waals surface area (Å²) < 4.78 is 2.95. The van der Waals surface area contributed by atoms with Crippen molar-refractivity contribution in [3.05, 3.63) is 96.1 Å². The summed E-state index contributed by atoms with van der Waals surface area (Å²) in [5, 5.41) is 44.7. The van der Waals surface area contributed by atoms with Crippen LogP contribution in [0.5, 0.6) is 23.5 Å². The number of allylic oxidation sites excluding steroid dienone is 6. The Hall–Kier alpha value is -4.06. The van der Waals surface area contributed by atoms with Gasteiger partial charge in [-0.3, -0.25) is 9.13 Å². The molecule has 0 saturated heterocycles. The Kier molecular flexibility index (Phi) is 4.00. The minimum Gasteiger partial charge on any atom is -0.494 e. The van der Waals surface area contributed by atoms with Crippen LogP contribution in [0.2, 0.25) is 0 Å². The van der Waals surface area contributed by atoms with Gasteiger partial charge >= 0.3 is 0 Å². The number of hydrogen-bond donors (Lipinski definition) is 4. The number of nitrogens with zero attached hydrogens (tertiary/aromatic N) is 2. The summed E-state index contributed by atoms with van der Waals surface area (Å²) in [5.74, 6) is 0.348. The van der Waals surface area contributed by atoms with Crippen LogP contribution < -0.4 is 0 Å². The average Bonchev–Trinajstić information content (AvgIpc) is 3.67. The quantitative estimate of drug-likeness (QED) is 0.334. The van der Waals surface area contributed by atoms with E-state index in [1.807, 2.05) is 12.2 Å². The molecule has 0 aliphatic heterocycles. The Morgan fingerprint density at radius 1 is 0.694 bits per heavy atom. The second-order valence-electron chi connectivity index (χ2n) is 10.7. The molecule has 0 radical (unpaired) electrons. The van der Waals surface area contributed by atoms with Crippen LogP contribution in [0.25, 0.3) is 11.4 Å². The van der Waals surface area contributed by atoms with E-state index < -0.39 is 0 Å². The fraction of sp³-hybridized carbons (Fsp3) is 0.267. The predicted octanol–water partition coefficient (Wildman–Crippen LogP) is 5.83. The molecule has 4 aliphatic rings.